The van der Waals surface area contributed by atoms with Gasteiger partial charge in [-0.3, -0.25) is 0 Å². The Hall–Kier alpha value is -1.30. The smallest absolute Gasteiger partial charge is 0.0300 e. The molecule has 1 atom stereocenters. The van der Waals surface area contributed by atoms with Crippen LogP contribution in [0, 0.1) is 5.92 Å². The fourth-order valence-electron chi connectivity index (χ4n) is 1.95. The molecule has 0 aliphatic heterocycles. The van der Waals surface area contributed by atoms with Crippen molar-refractivity contribution in [2.45, 2.75) is 46.5 Å². The van der Waals surface area contributed by atoms with Gasteiger partial charge in [-0.25, -0.2) is 0 Å². The normalized spacial score (nSPS) is 21.6. The van der Waals surface area contributed by atoms with Crippen molar-refractivity contribution < 1.29 is 0 Å². The first-order valence-corrected chi connectivity index (χ1v) is 7.14. The van der Waals surface area contributed by atoms with Gasteiger partial charge in [0.1, 0.15) is 0 Å². The Morgan fingerprint density at radius 1 is 1.33 bits per heavy atom. The van der Waals surface area contributed by atoms with E-state index in [0.717, 1.165) is 12.3 Å². The predicted molar refractivity (Wildman–Crippen MR) is 82.6 cm³/mol. The lowest BCUT2D eigenvalue weighted by Gasteiger charge is -2.00. The van der Waals surface area contributed by atoms with Crippen LogP contribution in [-0.2, 0) is 0 Å². The Morgan fingerprint density at radius 2 is 2.17 bits per heavy atom. The Balaban J connectivity index is 2.70. The molecule has 0 aromatic heterocycles. The van der Waals surface area contributed by atoms with Gasteiger partial charge in [-0.1, -0.05) is 68.9 Å². The molecule has 0 saturated carbocycles. The van der Waals surface area contributed by atoms with Crippen LogP contribution >= 0.6 is 0 Å². The minimum atomic E-state index is 0.776. The number of unbranched alkanes of at least 4 members (excludes halogenated alkanes) is 1. The zero-order valence-corrected chi connectivity index (χ0v) is 12.0. The van der Waals surface area contributed by atoms with Crippen LogP contribution in [0.4, 0.5) is 0 Å². The summed E-state index contributed by atoms with van der Waals surface area (Å²) in [6, 6.07) is 0. The minimum absolute atomic E-state index is 0.776. The monoisotopic (exact) mass is 242 g/mol. The summed E-state index contributed by atoms with van der Waals surface area (Å²) in [6.07, 6.45) is 22.7. The highest BCUT2D eigenvalue weighted by molar-refractivity contribution is 5.39. The molecule has 0 heterocycles. The van der Waals surface area contributed by atoms with E-state index in [1.807, 2.05) is 0 Å². The third-order valence-electron chi connectivity index (χ3n) is 3.10. The summed E-state index contributed by atoms with van der Waals surface area (Å²) >= 11 is 0. The first kappa shape index (κ1) is 14.8. The van der Waals surface area contributed by atoms with E-state index in [0.29, 0.717) is 0 Å². The van der Waals surface area contributed by atoms with Crippen LogP contribution in [0.25, 0.3) is 0 Å². The van der Waals surface area contributed by atoms with E-state index in [1.165, 1.54) is 30.4 Å². The molecule has 0 N–H and O–H groups in total. The molecular formula is C18H26. The van der Waals surface area contributed by atoms with E-state index >= 15 is 0 Å². The van der Waals surface area contributed by atoms with Crippen LogP contribution < -0.4 is 0 Å². The molecule has 0 bridgehead atoms. The highest BCUT2D eigenvalue weighted by atomic mass is 14.1. The molecule has 18 heavy (non-hydrogen) atoms. The van der Waals surface area contributed by atoms with Gasteiger partial charge in [-0.2, -0.15) is 0 Å². The zero-order valence-electron chi connectivity index (χ0n) is 12.0. The van der Waals surface area contributed by atoms with Gasteiger partial charge in [-0.15, -0.1) is 0 Å². The number of rotatable bonds is 5. The number of allylic oxidation sites excluding steroid dienone is 10. The van der Waals surface area contributed by atoms with E-state index in [2.05, 4.69) is 69.4 Å². The second-order valence-electron chi connectivity index (χ2n) is 5.01. The predicted octanol–water partition coefficient (Wildman–Crippen LogP) is 5.76. The van der Waals surface area contributed by atoms with Crippen LogP contribution in [0.1, 0.15) is 46.5 Å². The summed E-state index contributed by atoms with van der Waals surface area (Å²) in [5, 5.41) is 0. The van der Waals surface area contributed by atoms with Gasteiger partial charge in [0, 0.05) is 0 Å². The molecule has 0 heteroatoms. The molecule has 0 aromatic rings. The van der Waals surface area contributed by atoms with E-state index < -0.39 is 0 Å². The highest BCUT2D eigenvalue weighted by Gasteiger charge is 2.01. The molecule has 1 aliphatic rings. The van der Waals surface area contributed by atoms with Gasteiger partial charge in [0.15, 0.2) is 0 Å². The molecule has 1 aliphatic carbocycles. The average Bonchev–Trinajstić information content (AvgIpc) is 2.58. The molecule has 0 fully saturated rings. The topological polar surface area (TPSA) is 0 Å². The largest absolute Gasteiger partial charge is 0.0871 e. The third-order valence-corrected chi connectivity index (χ3v) is 3.10. The maximum atomic E-state index is 2.35. The first-order chi connectivity index (χ1) is 8.76. The lowest BCUT2D eigenvalue weighted by atomic mass is 10.1. The van der Waals surface area contributed by atoms with Gasteiger partial charge in [-0.05, 0) is 43.3 Å². The molecule has 1 rings (SSSR count). The Morgan fingerprint density at radius 3 is 2.89 bits per heavy atom. The molecule has 1 unspecified atom stereocenters. The number of hydrogen-bond acceptors (Lipinski definition) is 0. The van der Waals surface area contributed by atoms with Crippen LogP contribution in [0.2, 0.25) is 0 Å². The quantitative estimate of drug-likeness (QED) is 0.538. The zero-order chi connectivity index (χ0) is 13.2. The van der Waals surface area contributed by atoms with Crippen LogP contribution in [0.3, 0.4) is 0 Å². The van der Waals surface area contributed by atoms with Crippen molar-refractivity contribution in [2.24, 2.45) is 5.92 Å². The number of hydrogen-bond donors (Lipinski definition) is 0. The Labute approximate surface area is 112 Å². The summed E-state index contributed by atoms with van der Waals surface area (Å²) in [6.45, 7) is 6.59. The van der Waals surface area contributed by atoms with Gasteiger partial charge >= 0.3 is 0 Å². The molecule has 0 saturated heterocycles. The average molecular weight is 242 g/mol. The summed E-state index contributed by atoms with van der Waals surface area (Å²) in [5.74, 6) is 0.776. The molecule has 0 nitrogen and oxygen atoms in total. The lowest BCUT2D eigenvalue weighted by Crippen LogP contribution is -1.87. The highest BCUT2D eigenvalue weighted by Crippen LogP contribution is 2.17. The molecule has 98 valence electrons. The van der Waals surface area contributed by atoms with E-state index in [9.17, 15) is 0 Å². The minimum Gasteiger partial charge on any atom is -0.0871 e. The summed E-state index contributed by atoms with van der Waals surface area (Å²) in [5.41, 5.74) is 2.65. The van der Waals surface area contributed by atoms with Crippen LogP contribution in [0.5, 0.6) is 0 Å². The maximum absolute atomic E-state index is 2.35. The third kappa shape index (κ3) is 5.86. The van der Waals surface area contributed by atoms with Crippen molar-refractivity contribution in [1.29, 1.82) is 0 Å². The molecule has 0 spiro atoms. The van der Waals surface area contributed by atoms with E-state index in [1.54, 1.807) is 0 Å². The van der Waals surface area contributed by atoms with E-state index in [-0.39, 0.29) is 0 Å². The van der Waals surface area contributed by atoms with Crippen molar-refractivity contribution in [2.75, 3.05) is 0 Å². The van der Waals surface area contributed by atoms with Gasteiger partial charge in [0.05, 0.1) is 0 Å². The Bertz CT molecular complexity index is 365. The first-order valence-electron chi connectivity index (χ1n) is 7.14. The van der Waals surface area contributed by atoms with Crippen LogP contribution in [0.15, 0.2) is 59.8 Å². The van der Waals surface area contributed by atoms with Gasteiger partial charge < -0.3 is 0 Å². The van der Waals surface area contributed by atoms with Crippen LogP contribution in [-0.4, -0.2) is 0 Å². The van der Waals surface area contributed by atoms with Crippen molar-refractivity contribution in [3.05, 3.63) is 59.8 Å². The molecular weight excluding hydrogens is 216 g/mol. The standard InChI is InChI=1S/C18H26/c1-4-6-10-17(8-5-2)14-15-18-11-7-9-16(3)12-13-18/h5,7-8,10-11,13-16H,4,6,9,12H2,1-3H3. The second-order valence-corrected chi connectivity index (χ2v) is 5.01. The molecule has 0 amide bonds. The summed E-state index contributed by atoms with van der Waals surface area (Å²) < 4.78 is 0. The van der Waals surface area contributed by atoms with Gasteiger partial charge in [0.25, 0.3) is 0 Å². The fourth-order valence-corrected chi connectivity index (χ4v) is 1.95. The van der Waals surface area contributed by atoms with Crippen molar-refractivity contribution in [1.82, 2.24) is 0 Å². The summed E-state index contributed by atoms with van der Waals surface area (Å²) in [7, 11) is 0. The summed E-state index contributed by atoms with van der Waals surface area (Å²) in [4.78, 5) is 0. The Kier molecular flexibility index (Phi) is 7.17. The molecule has 0 radical (unpaired) electrons. The SMILES string of the molecule is CC=CC(C=CC1=CCC(C)CC=C1)=CCCC. The van der Waals surface area contributed by atoms with Crippen molar-refractivity contribution >= 4 is 0 Å². The van der Waals surface area contributed by atoms with Crippen molar-refractivity contribution in [3.63, 3.8) is 0 Å². The maximum Gasteiger partial charge on any atom is -0.0300 e. The molecule has 0 aromatic carbocycles. The lowest BCUT2D eigenvalue weighted by molar-refractivity contribution is 0.606. The second kappa shape index (κ2) is 8.74. The van der Waals surface area contributed by atoms with Gasteiger partial charge in [0.2, 0.25) is 0 Å². The fraction of sp³-hybridized carbons (Fsp3) is 0.444. The van der Waals surface area contributed by atoms with Crippen molar-refractivity contribution in [3.8, 4) is 0 Å². The van der Waals surface area contributed by atoms with E-state index in [4.69, 9.17) is 0 Å².